The number of hydrogen-bond donors (Lipinski definition) is 2. The van der Waals surface area contributed by atoms with Crippen molar-refractivity contribution >= 4 is 44.2 Å². The summed E-state index contributed by atoms with van der Waals surface area (Å²) in [5.74, 6) is -0.226. The SMILES string of the molecule is CN=C(C=C(N)c1ccc(S(=O)(=O)Nc2cccc(C(C)=O)c2)s1)C(F)(F)F. The van der Waals surface area contributed by atoms with Crippen molar-refractivity contribution in [3.8, 4) is 0 Å². The van der Waals surface area contributed by atoms with Crippen LogP contribution in [-0.4, -0.2) is 33.1 Å². The predicted octanol–water partition coefficient (Wildman–Crippen LogP) is 3.68. The van der Waals surface area contributed by atoms with E-state index in [-0.39, 0.29) is 26.3 Å². The number of ketones is 1. The lowest BCUT2D eigenvalue weighted by atomic mass is 10.1. The highest BCUT2D eigenvalue weighted by atomic mass is 32.2. The summed E-state index contributed by atoms with van der Waals surface area (Å²) >= 11 is 0.708. The third-order valence-corrected chi connectivity index (χ3v) is 6.48. The number of hydrogen-bond acceptors (Lipinski definition) is 6. The monoisotopic (exact) mass is 431 g/mol. The van der Waals surface area contributed by atoms with Gasteiger partial charge in [0.25, 0.3) is 10.0 Å². The number of sulfonamides is 1. The highest BCUT2D eigenvalue weighted by molar-refractivity contribution is 7.94. The Balaban J connectivity index is 2.29. The zero-order valence-electron chi connectivity index (χ0n) is 14.7. The molecule has 28 heavy (non-hydrogen) atoms. The smallest absolute Gasteiger partial charge is 0.398 e. The molecule has 150 valence electrons. The molecule has 0 amide bonds. The van der Waals surface area contributed by atoms with Crippen LogP contribution in [-0.2, 0) is 10.0 Å². The van der Waals surface area contributed by atoms with Gasteiger partial charge in [-0.05, 0) is 37.3 Å². The number of nitrogens with two attached hydrogens (primary N) is 1. The number of aliphatic imine (C=N–C) groups is 1. The van der Waals surface area contributed by atoms with Crippen LogP contribution in [0.5, 0.6) is 0 Å². The van der Waals surface area contributed by atoms with Gasteiger partial charge in [0.1, 0.15) is 9.92 Å². The summed E-state index contributed by atoms with van der Waals surface area (Å²) in [6.07, 6.45) is -4.03. The van der Waals surface area contributed by atoms with E-state index in [0.29, 0.717) is 23.0 Å². The van der Waals surface area contributed by atoms with E-state index in [4.69, 9.17) is 5.73 Å². The summed E-state index contributed by atoms with van der Waals surface area (Å²) in [5, 5.41) is 0. The fourth-order valence-corrected chi connectivity index (χ4v) is 4.40. The molecule has 11 heteroatoms. The summed E-state index contributed by atoms with van der Waals surface area (Å²) in [6, 6.07) is 8.46. The molecule has 0 atom stereocenters. The number of nitrogens with zero attached hydrogens (tertiary/aromatic N) is 1. The van der Waals surface area contributed by atoms with Crippen LogP contribution in [0.15, 0.2) is 51.7 Å². The second-order valence-electron chi connectivity index (χ2n) is 5.57. The number of halogens is 3. The van der Waals surface area contributed by atoms with Crippen molar-refractivity contribution in [2.75, 3.05) is 11.8 Å². The Hall–Kier alpha value is -2.66. The Labute approximate surface area is 163 Å². The van der Waals surface area contributed by atoms with Crippen molar-refractivity contribution in [3.05, 3.63) is 52.9 Å². The second kappa shape index (κ2) is 8.15. The maximum atomic E-state index is 12.8. The van der Waals surface area contributed by atoms with Gasteiger partial charge in [-0.3, -0.25) is 14.5 Å². The van der Waals surface area contributed by atoms with Crippen LogP contribution < -0.4 is 10.5 Å². The lowest BCUT2D eigenvalue weighted by Gasteiger charge is -2.07. The molecule has 0 radical (unpaired) electrons. The normalized spacial score (nSPS) is 13.5. The van der Waals surface area contributed by atoms with Gasteiger partial charge in [0.15, 0.2) is 5.78 Å². The molecule has 2 rings (SSSR count). The molecule has 1 aromatic heterocycles. The number of rotatable bonds is 6. The average Bonchev–Trinajstić information content (AvgIpc) is 3.09. The zero-order chi connectivity index (χ0) is 21.1. The number of carbonyl (C=O) groups excluding carboxylic acids is 1. The molecule has 0 aliphatic heterocycles. The van der Waals surface area contributed by atoms with Gasteiger partial charge in [0, 0.05) is 18.3 Å². The van der Waals surface area contributed by atoms with E-state index in [2.05, 4.69) is 9.71 Å². The third-order valence-electron chi connectivity index (χ3n) is 3.48. The minimum absolute atomic E-state index is 0.142. The van der Waals surface area contributed by atoms with E-state index in [9.17, 15) is 26.4 Å². The van der Waals surface area contributed by atoms with E-state index in [1.807, 2.05) is 0 Å². The summed E-state index contributed by atoms with van der Waals surface area (Å²) in [4.78, 5) is 14.7. The van der Waals surface area contributed by atoms with Crippen LogP contribution in [0.1, 0.15) is 22.2 Å². The van der Waals surface area contributed by atoms with Gasteiger partial charge in [0.05, 0.1) is 10.6 Å². The minimum atomic E-state index is -4.67. The van der Waals surface area contributed by atoms with E-state index in [1.165, 1.54) is 37.3 Å². The number of thiophene rings is 1. The molecule has 0 saturated carbocycles. The second-order valence-corrected chi connectivity index (χ2v) is 8.56. The number of benzene rings is 1. The number of allylic oxidation sites excluding steroid dienone is 1. The van der Waals surface area contributed by atoms with Gasteiger partial charge in [0.2, 0.25) is 0 Å². The number of alkyl halides is 3. The quantitative estimate of drug-likeness (QED) is 0.538. The molecule has 0 spiro atoms. The van der Waals surface area contributed by atoms with Crippen molar-refractivity contribution in [1.82, 2.24) is 0 Å². The number of Topliss-reactive ketones (excluding diaryl/α,β-unsaturated/α-hetero) is 1. The molecule has 1 heterocycles. The number of anilines is 1. The first-order chi connectivity index (χ1) is 12.9. The first kappa shape index (κ1) is 21.6. The van der Waals surface area contributed by atoms with Crippen LogP contribution in [0.3, 0.4) is 0 Å². The fraction of sp³-hybridized carbons (Fsp3) is 0.176. The average molecular weight is 431 g/mol. The lowest BCUT2D eigenvalue weighted by molar-refractivity contribution is -0.0577. The van der Waals surface area contributed by atoms with Crippen LogP contribution in [0.4, 0.5) is 18.9 Å². The first-order valence-corrected chi connectivity index (χ1v) is 9.99. The molecule has 0 unspecified atom stereocenters. The maximum absolute atomic E-state index is 12.8. The Morgan fingerprint density at radius 3 is 2.50 bits per heavy atom. The summed E-state index contributed by atoms with van der Waals surface area (Å²) < 4.78 is 65.5. The van der Waals surface area contributed by atoms with E-state index < -0.39 is 21.9 Å². The Morgan fingerprint density at radius 2 is 1.93 bits per heavy atom. The summed E-state index contributed by atoms with van der Waals surface area (Å²) in [5.41, 5.74) is 4.74. The standard InChI is InChI=1S/C17H16F3N3O3S2/c1-10(24)11-4-3-5-12(8-11)23-28(25,26)16-7-6-14(27-16)13(21)9-15(22-2)17(18,19)20/h3-9,23H,21H2,1-2H3. The predicted molar refractivity (Wildman–Crippen MR) is 103 cm³/mol. The summed E-state index contributed by atoms with van der Waals surface area (Å²) in [7, 11) is -3.03. The van der Waals surface area contributed by atoms with Crippen LogP contribution in [0.2, 0.25) is 0 Å². The van der Waals surface area contributed by atoms with Crippen LogP contribution >= 0.6 is 11.3 Å². The van der Waals surface area contributed by atoms with Crippen molar-refractivity contribution in [2.45, 2.75) is 17.3 Å². The molecule has 0 saturated heterocycles. The van der Waals surface area contributed by atoms with Gasteiger partial charge in [-0.15, -0.1) is 11.3 Å². The molecule has 3 N–H and O–H groups in total. The van der Waals surface area contributed by atoms with Gasteiger partial charge >= 0.3 is 6.18 Å². The molecule has 6 nitrogen and oxygen atoms in total. The molecule has 0 fully saturated rings. The highest BCUT2D eigenvalue weighted by Crippen LogP contribution is 2.28. The van der Waals surface area contributed by atoms with Crippen LogP contribution in [0, 0.1) is 0 Å². The largest absolute Gasteiger partial charge is 0.432 e. The lowest BCUT2D eigenvalue weighted by Crippen LogP contribution is -2.21. The molecule has 0 bridgehead atoms. The first-order valence-electron chi connectivity index (χ1n) is 7.69. The minimum Gasteiger partial charge on any atom is -0.398 e. The molecular weight excluding hydrogens is 415 g/mol. The van der Waals surface area contributed by atoms with Gasteiger partial charge < -0.3 is 5.73 Å². The van der Waals surface area contributed by atoms with Gasteiger partial charge in [-0.1, -0.05) is 12.1 Å². The fourth-order valence-electron chi connectivity index (χ4n) is 2.12. The van der Waals surface area contributed by atoms with Crippen molar-refractivity contribution in [2.24, 2.45) is 10.7 Å². The molecule has 1 aromatic carbocycles. The highest BCUT2D eigenvalue weighted by Gasteiger charge is 2.34. The number of carbonyl (C=O) groups is 1. The zero-order valence-corrected chi connectivity index (χ0v) is 16.4. The van der Waals surface area contributed by atoms with Gasteiger partial charge in [-0.2, -0.15) is 13.2 Å². The third kappa shape index (κ3) is 5.20. The van der Waals surface area contributed by atoms with E-state index in [0.717, 1.165) is 7.05 Å². The molecule has 0 aliphatic carbocycles. The van der Waals surface area contributed by atoms with Crippen molar-refractivity contribution in [1.29, 1.82) is 0 Å². The van der Waals surface area contributed by atoms with E-state index >= 15 is 0 Å². The summed E-state index contributed by atoms with van der Waals surface area (Å²) in [6.45, 7) is 1.35. The molecule has 2 aromatic rings. The van der Waals surface area contributed by atoms with Crippen LogP contribution in [0.25, 0.3) is 5.70 Å². The van der Waals surface area contributed by atoms with Crippen molar-refractivity contribution in [3.63, 3.8) is 0 Å². The van der Waals surface area contributed by atoms with Crippen molar-refractivity contribution < 1.29 is 26.4 Å². The number of nitrogens with one attached hydrogen (secondary N) is 1. The van der Waals surface area contributed by atoms with Gasteiger partial charge in [-0.25, -0.2) is 8.42 Å². The Bertz CT molecular complexity index is 1050. The Kier molecular flexibility index (Phi) is 6.30. The Morgan fingerprint density at radius 1 is 1.25 bits per heavy atom. The maximum Gasteiger partial charge on any atom is 0.432 e. The molecule has 0 aliphatic rings. The molecular formula is C17H16F3N3O3S2. The van der Waals surface area contributed by atoms with E-state index in [1.54, 1.807) is 6.07 Å². The topological polar surface area (TPSA) is 102 Å².